The summed E-state index contributed by atoms with van der Waals surface area (Å²) in [5, 5.41) is 21.1. The van der Waals surface area contributed by atoms with Crippen LogP contribution in [0, 0.1) is 5.92 Å². The van der Waals surface area contributed by atoms with Gasteiger partial charge in [0, 0.05) is 45.3 Å². The summed E-state index contributed by atoms with van der Waals surface area (Å²) < 4.78 is 0. The smallest absolute Gasteiger partial charge is 0.245 e. The first kappa shape index (κ1) is 78.5. The van der Waals surface area contributed by atoms with Gasteiger partial charge in [0.15, 0.2) is 5.96 Å². The average Bonchev–Trinajstić information content (AvgIpc) is 1.74. The molecule has 2 aromatic carbocycles. The van der Waals surface area contributed by atoms with Crippen molar-refractivity contribution in [2.75, 3.05) is 44.7 Å². The van der Waals surface area contributed by atoms with Gasteiger partial charge in [0.25, 0.3) is 0 Å². The van der Waals surface area contributed by atoms with E-state index in [1.54, 1.807) is 60.7 Å². The molecule has 0 unspecified atom stereocenters. The molecular formula is C63H98N18O13S. The molecule has 22 N–H and O–H groups in total. The molecule has 524 valence electrons. The summed E-state index contributed by atoms with van der Waals surface area (Å²) in [7, 11) is 0. The van der Waals surface area contributed by atoms with Gasteiger partial charge in [-0.2, -0.15) is 11.8 Å². The van der Waals surface area contributed by atoms with Crippen LogP contribution >= 0.6 is 11.8 Å². The van der Waals surface area contributed by atoms with Crippen LogP contribution in [0.15, 0.2) is 65.7 Å². The van der Waals surface area contributed by atoms with Gasteiger partial charge in [-0.3, -0.25) is 67.3 Å². The van der Waals surface area contributed by atoms with Crippen LogP contribution in [0.4, 0.5) is 0 Å². The number of nitrogens with two attached hydrogens (primary N) is 7. The highest BCUT2D eigenvalue weighted by Gasteiger charge is 2.42. The van der Waals surface area contributed by atoms with Crippen molar-refractivity contribution in [3.63, 3.8) is 0 Å². The van der Waals surface area contributed by atoms with Crippen LogP contribution in [0.25, 0.3) is 0 Å². The summed E-state index contributed by atoms with van der Waals surface area (Å²) in [5.74, 6) is -9.80. The van der Waals surface area contributed by atoms with Crippen LogP contribution in [0.2, 0.25) is 0 Å². The summed E-state index contributed by atoms with van der Waals surface area (Å²) in [5.41, 5.74) is 40.6. The largest absolute Gasteiger partial charge is 0.370 e. The third-order valence-electron chi connectivity index (χ3n) is 16.0. The summed E-state index contributed by atoms with van der Waals surface area (Å²) >= 11 is 1.45. The molecule has 2 heterocycles. The maximum absolute atomic E-state index is 14.7. The Morgan fingerprint density at radius 2 is 1.01 bits per heavy atom. The molecule has 31 nitrogen and oxygen atoms in total. The molecule has 10 atom stereocenters. The molecule has 0 aliphatic carbocycles. The molecular weight excluding hydrogens is 1250 g/mol. The van der Waals surface area contributed by atoms with E-state index >= 15 is 0 Å². The van der Waals surface area contributed by atoms with E-state index in [1.165, 1.54) is 21.6 Å². The Kier molecular flexibility index (Phi) is 33.9. The van der Waals surface area contributed by atoms with Crippen molar-refractivity contribution in [2.45, 2.75) is 183 Å². The second-order valence-electron chi connectivity index (χ2n) is 24.1. The number of hydrogen-bond donors (Lipinski definition) is 15. The molecule has 0 spiro atoms. The lowest BCUT2D eigenvalue weighted by Crippen LogP contribution is -2.60. The highest BCUT2D eigenvalue weighted by atomic mass is 32.2. The van der Waals surface area contributed by atoms with Crippen molar-refractivity contribution < 1.29 is 62.3 Å². The second-order valence-corrected chi connectivity index (χ2v) is 25.1. The van der Waals surface area contributed by atoms with Gasteiger partial charge < -0.3 is 92.5 Å². The maximum Gasteiger partial charge on any atom is 0.245 e. The minimum absolute atomic E-state index is 0.0736. The van der Waals surface area contributed by atoms with Crippen LogP contribution in [0.3, 0.4) is 0 Å². The monoisotopic (exact) mass is 1350 g/mol. The number of likely N-dealkylation sites (tertiary alicyclic amines) is 2. The van der Waals surface area contributed by atoms with Gasteiger partial charge in [0.1, 0.15) is 54.4 Å². The molecule has 0 radical (unpaired) electrons. The fraction of sp³-hybridized carbons (Fsp3) is 0.587. The predicted octanol–water partition coefficient (Wildman–Crippen LogP) is -3.71. The molecule has 0 saturated carbocycles. The maximum atomic E-state index is 14.7. The van der Waals surface area contributed by atoms with Gasteiger partial charge in [0.05, 0.1) is 12.6 Å². The molecule has 95 heavy (non-hydrogen) atoms. The zero-order valence-corrected chi connectivity index (χ0v) is 55.3. The van der Waals surface area contributed by atoms with E-state index in [0.29, 0.717) is 55.4 Å². The Morgan fingerprint density at radius 3 is 1.51 bits per heavy atom. The number of benzene rings is 2. The normalized spacial score (nSPS) is 16.8. The molecule has 32 heteroatoms. The van der Waals surface area contributed by atoms with Gasteiger partial charge in [-0.25, -0.2) is 0 Å². The van der Waals surface area contributed by atoms with Crippen molar-refractivity contribution in [1.82, 2.24) is 52.3 Å². The van der Waals surface area contributed by atoms with E-state index in [0.717, 1.165) is 0 Å². The molecule has 0 bridgehead atoms. The molecule has 2 aliphatic rings. The lowest BCUT2D eigenvalue weighted by Gasteiger charge is -2.32. The van der Waals surface area contributed by atoms with Crippen LogP contribution in [-0.4, -0.2) is 198 Å². The number of rotatable bonds is 42. The van der Waals surface area contributed by atoms with Crippen molar-refractivity contribution >= 4 is 94.5 Å². The van der Waals surface area contributed by atoms with E-state index in [4.69, 9.17) is 40.1 Å². The third-order valence-corrected chi connectivity index (χ3v) is 16.7. The standard InChI is InChI=1S/C63H98N18O13S/c1-37(2)33-45(57(89)74-41(53(68)85)27-32-95-3)73-52(84)36-72-54(86)46(34-38-15-6-4-7-16-38)78-58(90)47(35-39-17-8-5-9-18-39)79-56(88)42(23-25-50(66)82)75-55(87)43(24-26-51(67)83)76-59(91)49-22-14-31-81(49)62(94)44(20-10-11-28-64)77-60(92)48-21-13-30-80(48)61(93)40(65)19-12-29-71-63(69)70/h4-9,15-18,37,40-49H,10-14,19-36,64-65H2,1-3H3,(H2,66,82)(H2,67,83)(H2,68,85)(H,72,86)(H,73,84)(H,74,89)(H,75,87)(H,76,91)(H,77,92)(H,78,90)(H,79,88)(H4,69,70,71)/t40-,41-,42-,43+,44+,45-,46-,47-,48+,49+/m0/s1. The number of thioether (sulfide) groups is 1. The number of amides is 13. The minimum atomic E-state index is -1.64. The highest BCUT2D eigenvalue weighted by molar-refractivity contribution is 7.98. The Hall–Kier alpha value is -8.91. The van der Waals surface area contributed by atoms with E-state index < -0.39 is 169 Å². The van der Waals surface area contributed by atoms with Crippen molar-refractivity contribution in [2.24, 2.45) is 51.0 Å². The van der Waals surface area contributed by atoms with Crippen LogP contribution in [0.1, 0.15) is 121 Å². The van der Waals surface area contributed by atoms with E-state index in [1.807, 2.05) is 20.1 Å². The molecule has 13 amide bonds. The Labute approximate surface area is 558 Å². The topological polar surface area (TPSA) is 519 Å². The number of unbranched alkanes of at least 4 members (excludes halogenated alkanes) is 1. The Balaban J connectivity index is 1.56. The predicted molar refractivity (Wildman–Crippen MR) is 356 cm³/mol. The van der Waals surface area contributed by atoms with Crippen LogP contribution in [-0.2, 0) is 75.2 Å². The number of carbonyl (C=O) groups is 13. The zero-order valence-electron chi connectivity index (χ0n) is 54.5. The molecule has 2 aliphatic heterocycles. The molecule has 2 aromatic rings. The first-order chi connectivity index (χ1) is 45.2. The van der Waals surface area contributed by atoms with E-state index in [-0.39, 0.29) is 83.0 Å². The summed E-state index contributed by atoms with van der Waals surface area (Å²) in [6.07, 6.45) is 3.12. The SMILES string of the molecule is CSCC[C@H](NC(=O)[C@H](CC(C)C)NC(=O)CNC(=O)[C@H](Cc1ccccc1)NC(=O)[C@H](Cc1ccccc1)NC(=O)[C@H](CCC(N)=O)NC(=O)[C@@H](CCC(N)=O)NC(=O)[C@H]1CCCN1C(=O)[C@@H](CCCCN)NC(=O)[C@H]1CCCN1C(=O)[C@@H](N)CCCN=C(N)N)C(N)=O. The van der Waals surface area contributed by atoms with Crippen molar-refractivity contribution in [3.8, 4) is 0 Å². The van der Waals surface area contributed by atoms with Gasteiger partial charge >= 0.3 is 0 Å². The summed E-state index contributed by atoms with van der Waals surface area (Å²) in [6, 6.07) is 4.51. The van der Waals surface area contributed by atoms with Gasteiger partial charge in [-0.05, 0) is 119 Å². The van der Waals surface area contributed by atoms with Crippen molar-refractivity contribution in [1.29, 1.82) is 0 Å². The number of carbonyl (C=O) groups excluding carboxylic acids is 13. The fourth-order valence-electron chi connectivity index (χ4n) is 11.0. The lowest BCUT2D eigenvalue weighted by molar-refractivity contribution is -0.144. The second kappa shape index (κ2) is 41.0. The van der Waals surface area contributed by atoms with Gasteiger partial charge in [-0.15, -0.1) is 0 Å². The number of primary amides is 3. The third kappa shape index (κ3) is 27.5. The molecule has 4 rings (SSSR count). The lowest BCUT2D eigenvalue weighted by atomic mass is 10.0. The minimum Gasteiger partial charge on any atom is -0.370 e. The van der Waals surface area contributed by atoms with Gasteiger partial charge in [0.2, 0.25) is 76.8 Å². The van der Waals surface area contributed by atoms with E-state index in [2.05, 4.69) is 47.5 Å². The van der Waals surface area contributed by atoms with E-state index in [9.17, 15) is 62.3 Å². The zero-order chi connectivity index (χ0) is 70.1. The Bertz CT molecular complexity index is 2960. The first-order valence-corrected chi connectivity index (χ1v) is 33.6. The molecule has 0 aromatic heterocycles. The number of guanidine groups is 1. The number of aliphatic imine (C=N–C) groups is 1. The number of nitrogens with zero attached hydrogens (tertiary/aromatic N) is 3. The number of nitrogens with one attached hydrogen (secondary N) is 8. The molecule has 2 fully saturated rings. The summed E-state index contributed by atoms with van der Waals surface area (Å²) in [4.78, 5) is 185. The fourth-order valence-corrected chi connectivity index (χ4v) is 11.5. The highest BCUT2D eigenvalue weighted by Crippen LogP contribution is 2.24. The van der Waals surface area contributed by atoms with Gasteiger partial charge in [-0.1, -0.05) is 74.5 Å². The van der Waals surface area contributed by atoms with Crippen LogP contribution < -0.4 is 82.7 Å². The van der Waals surface area contributed by atoms with Crippen LogP contribution in [0.5, 0.6) is 0 Å². The van der Waals surface area contributed by atoms with Crippen molar-refractivity contribution in [3.05, 3.63) is 71.8 Å². The number of hydrogen-bond acceptors (Lipinski definition) is 17. The summed E-state index contributed by atoms with van der Waals surface area (Å²) in [6.45, 7) is 3.86. The quantitative estimate of drug-likeness (QED) is 0.0173. The molecule has 2 saturated heterocycles. The first-order valence-electron chi connectivity index (χ1n) is 32.2. The average molecular weight is 1350 g/mol. The Morgan fingerprint density at radius 1 is 0.537 bits per heavy atom.